The molecule has 0 unspecified atom stereocenters. The molecule has 0 radical (unpaired) electrons. The molecule has 2 N–H and O–H groups in total. The zero-order valence-corrected chi connectivity index (χ0v) is 22.3. The summed E-state index contributed by atoms with van der Waals surface area (Å²) >= 11 is 0. The fourth-order valence-electron chi connectivity index (χ4n) is 3.80. The van der Waals surface area contributed by atoms with E-state index in [2.05, 4.69) is 10.0 Å². The van der Waals surface area contributed by atoms with Gasteiger partial charge in [0.2, 0.25) is 15.9 Å². The van der Waals surface area contributed by atoms with Crippen molar-refractivity contribution in [2.75, 3.05) is 28.4 Å². The molecule has 3 rings (SSSR count). The zero-order valence-electron chi connectivity index (χ0n) is 21.5. The summed E-state index contributed by atoms with van der Waals surface area (Å²) in [5.74, 6) is 1.26. The lowest BCUT2D eigenvalue weighted by Crippen LogP contribution is -2.48. The number of hydrogen-bond acceptors (Lipinski definition) is 7. The minimum absolute atomic E-state index is 0.0519. The molecule has 0 aliphatic rings. The van der Waals surface area contributed by atoms with Gasteiger partial charge in [0.1, 0.15) is 6.04 Å². The SMILES string of the molecule is COc1ccc([C@H](C)NC(=O)[C@@H](Cc2ccccc2)NS(=O)(=O)c2ccc(OC)c(OC)c2)cc1OC. The molecule has 10 heteroatoms. The van der Waals surface area contributed by atoms with E-state index in [9.17, 15) is 13.2 Å². The second-order valence-corrected chi connectivity index (χ2v) is 9.94. The van der Waals surface area contributed by atoms with Crippen molar-refractivity contribution in [1.82, 2.24) is 10.0 Å². The molecule has 0 aliphatic carbocycles. The molecule has 2 atom stereocenters. The molecule has 0 fully saturated rings. The summed E-state index contributed by atoms with van der Waals surface area (Å²) < 4.78 is 50.2. The Morgan fingerprint density at radius 3 is 1.95 bits per heavy atom. The maximum atomic E-state index is 13.4. The van der Waals surface area contributed by atoms with Crippen LogP contribution in [0.25, 0.3) is 0 Å². The first-order valence-electron chi connectivity index (χ1n) is 11.5. The van der Waals surface area contributed by atoms with Crippen LogP contribution in [0.2, 0.25) is 0 Å². The first-order valence-corrected chi connectivity index (χ1v) is 13.0. The molecule has 0 saturated carbocycles. The summed E-state index contributed by atoms with van der Waals surface area (Å²) in [4.78, 5) is 13.4. The van der Waals surface area contributed by atoms with Crippen molar-refractivity contribution in [3.63, 3.8) is 0 Å². The van der Waals surface area contributed by atoms with Gasteiger partial charge in [-0.15, -0.1) is 0 Å². The van der Waals surface area contributed by atoms with Gasteiger partial charge in [0.05, 0.1) is 39.4 Å². The minimum atomic E-state index is -4.09. The second kappa shape index (κ2) is 12.5. The van der Waals surface area contributed by atoms with Gasteiger partial charge in [-0.25, -0.2) is 8.42 Å². The average Bonchev–Trinajstić information content (AvgIpc) is 2.92. The fraction of sp³-hybridized carbons (Fsp3) is 0.296. The summed E-state index contributed by atoms with van der Waals surface area (Å²) in [6, 6.07) is 17.3. The molecule has 3 aromatic rings. The van der Waals surface area contributed by atoms with E-state index in [1.807, 2.05) is 43.3 Å². The minimum Gasteiger partial charge on any atom is -0.493 e. The van der Waals surface area contributed by atoms with E-state index >= 15 is 0 Å². The van der Waals surface area contributed by atoms with Crippen molar-refractivity contribution in [3.8, 4) is 23.0 Å². The molecule has 0 aliphatic heterocycles. The van der Waals surface area contributed by atoms with Gasteiger partial charge < -0.3 is 24.3 Å². The van der Waals surface area contributed by atoms with E-state index in [-0.39, 0.29) is 17.1 Å². The molecular weight excluding hydrogens is 496 g/mol. The zero-order chi connectivity index (χ0) is 27.0. The number of amides is 1. The highest BCUT2D eigenvalue weighted by Gasteiger charge is 2.28. The molecule has 1 amide bonds. The number of sulfonamides is 1. The lowest BCUT2D eigenvalue weighted by molar-refractivity contribution is -0.123. The van der Waals surface area contributed by atoms with Crippen molar-refractivity contribution in [1.29, 1.82) is 0 Å². The Labute approximate surface area is 217 Å². The van der Waals surface area contributed by atoms with Crippen molar-refractivity contribution < 1.29 is 32.2 Å². The van der Waals surface area contributed by atoms with E-state index < -0.39 is 28.0 Å². The summed E-state index contributed by atoms with van der Waals surface area (Å²) in [5, 5.41) is 2.91. The number of rotatable bonds is 12. The Hall–Kier alpha value is -3.76. The number of carbonyl (C=O) groups excluding carboxylic acids is 1. The molecule has 0 bridgehead atoms. The monoisotopic (exact) mass is 528 g/mol. The standard InChI is InChI=1S/C27H32N2O7S/c1-18(20-11-13-23(33-2)25(16-20)35-4)28-27(30)22(15-19-9-7-6-8-10-19)29-37(31,32)21-12-14-24(34-3)26(17-21)36-5/h6-14,16-18,22,29H,15H2,1-5H3,(H,28,30)/t18-,22+/m0/s1. The van der Waals surface area contributed by atoms with Crippen LogP contribution in [-0.2, 0) is 21.2 Å². The highest BCUT2D eigenvalue weighted by molar-refractivity contribution is 7.89. The van der Waals surface area contributed by atoms with Crippen LogP contribution < -0.4 is 29.0 Å². The third-order valence-corrected chi connectivity index (χ3v) is 7.30. The van der Waals surface area contributed by atoms with E-state index in [4.69, 9.17) is 18.9 Å². The Morgan fingerprint density at radius 1 is 0.784 bits per heavy atom. The third kappa shape index (κ3) is 6.93. The molecule has 9 nitrogen and oxygen atoms in total. The molecule has 37 heavy (non-hydrogen) atoms. The summed E-state index contributed by atoms with van der Waals surface area (Å²) in [6.45, 7) is 1.81. The molecule has 198 valence electrons. The van der Waals surface area contributed by atoms with E-state index in [0.717, 1.165) is 11.1 Å². The number of methoxy groups -OCH3 is 4. The number of benzene rings is 3. The highest BCUT2D eigenvalue weighted by Crippen LogP contribution is 2.31. The predicted octanol–water partition coefficient (Wildman–Crippen LogP) is 3.49. The van der Waals surface area contributed by atoms with Crippen LogP contribution in [-0.4, -0.2) is 48.8 Å². The average molecular weight is 529 g/mol. The lowest BCUT2D eigenvalue weighted by Gasteiger charge is -2.22. The summed E-state index contributed by atoms with van der Waals surface area (Å²) in [5.41, 5.74) is 1.57. The van der Waals surface area contributed by atoms with Gasteiger partial charge in [-0.05, 0) is 48.7 Å². The topological polar surface area (TPSA) is 112 Å². The van der Waals surface area contributed by atoms with Gasteiger partial charge >= 0.3 is 0 Å². The van der Waals surface area contributed by atoms with Crippen molar-refractivity contribution in [2.45, 2.75) is 30.3 Å². The van der Waals surface area contributed by atoms with Crippen molar-refractivity contribution in [2.24, 2.45) is 0 Å². The van der Waals surface area contributed by atoms with Gasteiger partial charge in [-0.1, -0.05) is 36.4 Å². The first-order chi connectivity index (χ1) is 17.7. The van der Waals surface area contributed by atoms with Crippen molar-refractivity contribution in [3.05, 3.63) is 77.9 Å². The predicted molar refractivity (Wildman–Crippen MR) is 140 cm³/mol. The molecule has 0 spiro atoms. The van der Waals surface area contributed by atoms with Crippen LogP contribution in [0.15, 0.2) is 71.6 Å². The van der Waals surface area contributed by atoms with Gasteiger partial charge in [0.15, 0.2) is 23.0 Å². The van der Waals surface area contributed by atoms with Gasteiger partial charge in [0, 0.05) is 6.07 Å². The molecular formula is C27H32N2O7S. The number of ether oxygens (including phenoxy) is 4. The Kier molecular flexibility index (Phi) is 9.37. The van der Waals surface area contributed by atoms with Crippen LogP contribution in [0, 0.1) is 0 Å². The Balaban J connectivity index is 1.87. The first kappa shape index (κ1) is 27.8. The smallest absolute Gasteiger partial charge is 0.241 e. The maximum Gasteiger partial charge on any atom is 0.241 e. The molecule has 3 aromatic carbocycles. The van der Waals surface area contributed by atoms with Gasteiger partial charge in [-0.3, -0.25) is 4.79 Å². The molecule has 0 aromatic heterocycles. The van der Waals surface area contributed by atoms with Crippen LogP contribution in [0.5, 0.6) is 23.0 Å². The largest absolute Gasteiger partial charge is 0.493 e. The summed E-state index contributed by atoms with van der Waals surface area (Å²) in [7, 11) is 1.87. The van der Waals surface area contributed by atoms with Crippen LogP contribution in [0.1, 0.15) is 24.1 Å². The second-order valence-electron chi connectivity index (χ2n) is 8.23. The Bertz CT molecular complexity index is 1310. The Morgan fingerprint density at radius 2 is 1.35 bits per heavy atom. The quantitative estimate of drug-likeness (QED) is 0.370. The molecule has 0 saturated heterocycles. The third-order valence-electron chi connectivity index (χ3n) is 5.83. The number of hydrogen-bond donors (Lipinski definition) is 2. The maximum absolute atomic E-state index is 13.4. The highest BCUT2D eigenvalue weighted by atomic mass is 32.2. The number of carbonyl (C=O) groups is 1. The van der Waals surface area contributed by atoms with E-state index in [0.29, 0.717) is 17.2 Å². The fourth-order valence-corrected chi connectivity index (χ4v) is 5.01. The van der Waals surface area contributed by atoms with E-state index in [1.54, 1.807) is 19.2 Å². The van der Waals surface area contributed by atoms with Crippen LogP contribution in [0.4, 0.5) is 0 Å². The lowest BCUT2D eigenvalue weighted by atomic mass is 10.0. The van der Waals surface area contributed by atoms with E-state index in [1.165, 1.54) is 39.5 Å². The number of nitrogens with one attached hydrogen (secondary N) is 2. The van der Waals surface area contributed by atoms with Gasteiger partial charge in [-0.2, -0.15) is 4.72 Å². The van der Waals surface area contributed by atoms with Crippen molar-refractivity contribution >= 4 is 15.9 Å². The normalized spacial score (nSPS) is 12.8. The van der Waals surface area contributed by atoms with Crippen LogP contribution in [0.3, 0.4) is 0 Å². The molecule has 0 heterocycles. The summed E-state index contributed by atoms with van der Waals surface area (Å²) in [6.07, 6.45) is 0.151. The van der Waals surface area contributed by atoms with Crippen LogP contribution >= 0.6 is 0 Å². The van der Waals surface area contributed by atoms with Gasteiger partial charge in [0.25, 0.3) is 0 Å².